The smallest absolute Gasteiger partial charge is 0.356 e. The molecule has 3 aromatic rings. The molecule has 10 heteroatoms. The molecule has 3 nitrogen and oxygen atoms in total. The van der Waals surface area contributed by atoms with E-state index in [0.29, 0.717) is 17.8 Å². The lowest BCUT2D eigenvalue weighted by Gasteiger charge is -2.13. The molecule has 2 aromatic heterocycles. The van der Waals surface area contributed by atoms with Crippen molar-refractivity contribution in [2.24, 2.45) is 0 Å². The minimum absolute atomic E-state index is 0.0650. The summed E-state index contributed by atoms with van der Waals surface area (Å²) in [5.41, 5.74) is -2.56. The topological polar surface area (TPSA) is 38.9 Å². The monoisotopic (exact) mass is 418 g/mol. The molecule has 0 aliphatic rings. The van der Waals surface area contributed by atoms with Crippen molar-refractivity contribution >= 4 is 11.8 Å². The van der Waals surface area contributed by atoms with Crippen LogP contribution >= 0.6 is 11.8 Å². The zero-order valence-electron chi connectivity index (χ0n) is 14.2. The number of hydrogen-bond donors (Lipinski definition) is 0. The molecule has 0 fully saturated rings. The third-order valence-corrected chi connectivity index (χ3v) is 4.62. The maximum atomic E-state index is 13.0. The molecule has 0 atom stereocenters. The molecule has 0 unspecified atom stereocenters. The van der Waals surface area contributed by atoms with Gasteiger partial charge in [0.1, 0.15) is 11.4 Å². The van der Waals surface area contributed by atoms with Gasteiger partial charge in [-0.1, -0.05) is 12.1 Å². The van der Waals surface area contributed by atoms with Crippen LogP contribution in [0.15, 0.2) is 52.0 Å². The number of benzene rings is 1. The van der Waals surface area contributed by atoms with Crippen molar-refractivity contribution in [1.29, 1.82) is 0 Å². The minimum atomic E-state index is -4.94. The van der Waals surface area contributed by atoms with Crippen LogP contribution in [0.1, 0.15) is 18.1 Å². The van der Waals surface area contributed by atoms with Crippen molar-refractivity contribution in [2.45, 2.75) is 24.2 Å². The molecule has 1 aromatic carbocycles. The van der Waals surface area contributed by atoms with Gasteiger partial charge in [-0.25, -0.2) is 0 Å². The van der Waals surface area contributed by atoms with Crippen molar-refractivity contribution in [3.05, 3.63) is 53.7 Å². The third kappa shape index (κ3) is 4.32. The molecular weight excluding hydrogens is 406 g/mol. The van der Waals surface area contributed by atoms with Crippen LogP contribution in [-0.4, -0.2) is 15.9 Å². The van der Waals surface area contributed by atoms with Crippen LogP contribution in [0, 0.1) is 0 Å². The molecular formula is C18H12F6N2OS. The van der Waals surface area contributed by atoms with Gasteiger partial charge in [-0.2, -0.15) is 26.3 Å². The van der Waals surface area contributed by atoms with Gasteiger partial charge < -0.3 is 4.52 Å². The number of alkyl halides is 6. The number of halogens is 6. The van der Waals surface area contributed by atoms with Crippen LogP contribution < -0.4 is 0 Å². The first kappa shape index (κ1) is 20.2. The fourth-order valence-corrected chi connectivity index (χ4v) is 3.25. The summed E-state index contributed by atoms with van der Waals surface area (Å²) in [6.45, 7) is 1.93. The zero-order valence-corrected chi connectivity index (χ0v) is 15.0. The Morgan fingerprint density at radius 3 is 2.18 bits per heavy atom. The summed E-state index contributed by atoms with van der Waals surface area (Å²) in [5.74, 6) is 0.524. The van der Waals surface area contributed by atoms with Crippen molar-refractivity contribution in [1.82, 2.24) is 10.1 Å². The number of pyridine rings is 1. The highest BCUT2D eigenvalue weighted by atomic mass is 32.2. The minimum Gasteiger partial charge on any atom is -0.356 e. The summed E-state index contributed by atoms with van der Waals surface area (Å²) >= 11 is 1.47. The fourth-order valence-electron chi connectivity index (χ4n) is 2.47. The first-order chi connectivity index (χ1) is 13.1. The van der Waals surface area contributed by atoms with Gasteiger partial charge in [0.05, 0.1) is 11.1 Å². The lowest BCUT2D eigenvalue weighted by Crippen LogP contribution is -2.11. The maximum Gasteiger partial charge on any atom is 0.416 e. The Morgan fingerprint density at radius 1 is 0.964 bits per heavy atom. The lowest BCUT2D eigenvalue weighted by molar-refractivity contribution is -0.143. The van der Waals surface area contributed by atoms with Crippen LogP contribution in [0.25, 0.3) is 22.7 Å². The maximum absolute atomic E-state index is 13.0. The highest BCUT2D eigenvalue weighted by Gasteiger charge is 2.37. The van der Waals surface area contributed by atoms with E-state index in [-0.39, 0.29) is 23.1 Å². The van der Waals surface area contributed by atoms with Gasteiger partial charge in [0.2, 0.25) is 0 Å². The first-order valence-electron chi connectivity index (χ1n) is 7.94. The molecule has 0 amide bonds. The SMILES string of the molecule is CCSc1cccnc1-c1cc(-c2cc(C(F)(F)F)cc(C(F)(F)F)c2)on1. The average molecular weight is 418 g/mol. The van der Waals surface area contributed by atoms with Crippen molar-refractivity contribution < 1.29 is 30.9 Å². The highest BCUT2D eigenvalue weighted by molar-refractivity contribution is 7.99. The number of rotatable bonds is 4. The van der Waals surface area contributed by atoms with Crippen LogP contribution in [0.2, 0.25) is 0 Å². The summed E-state index contributed by atoms with van der Waals surface area (Å²) in [4.78, 5) is 4.95. The lowest BCUT2D eigenvalue weighted by atomic mass is 10.0. The second kappa shape index (κ2) is 7.50. The molecule has 0 spiro atoms. The quantitative estimate of drug-likeness (QED) is 0.356. The molecule has 3 rings (SSSR count). The molecule has 0 radical (unpaired) electrons. The van der Waals surface area contributed by atoms with Crippen LogP contribution in [0.5, 0.6) is 0 Å². The second-order valence-corrected chi connectivity index (χ2v) is 6.96. The van der Waals surface area contributed by atoms with E-state index in [4.69, 9.17) is 4.52 Å². The fraction of sp³-hybridized carbons (Fsp3) is 0.222. The summed E-state index contributed by atoms with van der Waals surface area (Å²) in [6.07, 6.45) is -8.37. The Labute approximate surface area is 159 Å². The Balaban J connectivity index is 2.09. The molecule has 0 saturated carbocycles. The Kier molecular flexibility index (Phi) is 5.42. The summed E-state index contributed by atoms with van der Waals surface area (Å²) in [5, 5.41) is 3.78. The molecule has 28 heavy (non-hydrogen) atoms. The van der Waals surface area contributed by atoms with E-state index in [2.05, 4.69) is 10.1 Å². The van der Waals surface area contributed by atoms with E-state index < -0.39 is 23.5 Å². The van der Waals surface area contributed by atoms with Gasteiger partial charge in [0, 0.05) is 22.7 Å². The van der Waals surface area contributed by atoms with Crippen molar-refractivity contribution in [3.63, 3.8) is 0 Å². The van der Waals surface area contributed by atoms with E-state index in [1.807, 2.05) is 6.92 Å². The number of thioether (sulfide) groups is 1. The van der Waals surface area contributed by atoms with Gasteiger partial charge in [-0.3, -0.25) is 4.98 Å². The van der Waals surface area contributed by atoms with Gasteiger partial charge in [-0.15, -0.1) is 11.8 Å². The summed E-state index contributed by atoms with van der Waals surface area (Å²) < 4.78 is 83.2. The summed E-state index contributed by atoms with van der Waals surface area (Å²) in [6, 6.07) is 6.04. The zero-order chi connectivity index (χ0) is 20.5. The first-order valence-corrected chi connectivity index (χ1v) is 8.93. The van der Waals surface area contributed by atoms with Gasteiger partial charge >= 0.3 is 12.4 Å². The van der Waals surface area contributed by atoms with Crippen LogP contribution in [0.4, 0.5) is 26.3 Å². The largest absolute Gasteiger partial charge is 0.416 e. The number of aromatic nitrogens is 2. The molecule has 2 heterocycles. The number of nitrogens with zero attached hydrogens (tertiary/aromatic N) is 2. The van der Waals surface area contributed by atoms with E-state index >= 15 is 0 Å². The Bertz CT molecular complexity index is 948. The van der Waals surface area contributed by atoms with Crippen LogP contribution in [0.3, 0.4) is 0 Å². The predicted octanol–water partition coefficient (Wildman–Crippen LogP) is 6.55. The van der Waals surface area contributed by atoms with Gasteiger partial charge in [0.15, 0.2) is 5.76 Å². The molecule has 148 valence electrons. The molecule has 0 bridgehead atoms. The van der Waals surface area contributed by atoms with Crippen molar-refractivity contribution in [3.8, 4) is 22.7 Å². The molecule has 0 N–H and O–H groups in total. The third-order valence-electron chi connectivity index (χ3n) is 3.70. The van der Waals surface area contributed by atoms with E-state index in [9.17, 15) is 26.3 Å². The Hall–Kier alpha value is -2.49. The average Bonchev–Trinajstić information content (AvgIpc) is 3.10. The van der Waals surface area contributed by atoms with Crippen LogP contribution in [-0.2, 0) is 12.4 Å². The van der Waals surface area contributed by atoms with E-state index in [1.165, 1.54) is 24.0 Å². The Morgan fingerprint density at radius 2 is 1.61 bits per heavy atom. The molecule has 0 aliphatic heterocycles. The predicted molar refractivity (Wildman–Crippen MR) is 91.6 cm³/mol. The van der Waals surface area contributed by atoms with Crippen molar-refractivity contribution in [2.75, 3.05) is 5.75 Å². The van der Waals surface area contributed by atoms with Gasteiger partial charge in [0.25, 0.3) is 0 Å². The molecule has 0 saturated heterocycles. The standard InChI is InChI=1S/C18H12F6N2OS/c1-2-28-15-4-3-5-25-16(15)13-9-14(27-26-13)10-6-11(17(19,20)21)8-12(7-10)18(22,23)24/h3-9H,2H2,1H3. The normalized spacial score (nSPS) is 12.4. The summed E-state index contributed by atoms with van der Waals surface area (Å²) in [7, 11) is 0. The van der Waals surface area contributed by atoms with E-state index in [0.717, 1.165) is 10.6 Å². The second-order valence-electron chi connectivity index (χ2n) is 5.65. The number of hydrogen-bond acceptors (Lipinski definition) is 4. The highest BCUT2D eigenvalue weighted by Crippen LogP contribution is 2.39. The van der Waals surface area contributed by atoms with E-state index in [1.54, 1.807) is 12.1 Å². The molecule has 0 aliphatic carbocycles. The van der Waals surface area contributed by atoms with Gasteiger partial charge in [-0.05, 0) is 36.1 Å².